The van der Waals surface area contributed by atoms with Crippen molar-refractivity contribution in [1.29, 1.82) is 0 Å². The maximum Gasteiger partial charge on any atom is 0.433 e. The normalized spacial score (nSPS) is 12.5. The number of fused-ring (bicyclic) bond motifs is 2. The molecule has 0 aliphatic rings. The first-order valence-electron chi connectivity index (χ1n) is 17.5. The maximum absolute atomic E-state index is 14.8. The monoisotopic (exact) mass is 868 g/mol. The number of hydrogen-bond acceptors (Lipinski definition) is 10. The fourth-order valence-electron chi connectivity index (χ4n) is 6.65. The number of anilines is 1. The second-order valence-electron chi connectivity index (χ2n) is 13.4. The number of aryl methyl sites for hydroxylation is 1. The SMILES string of the molecule is COc1ccc(CN(c2nn(C)c3c(-n4c(C(Cc5cc(F)cc(F)c5)OC(N)=O)nc5cc(-c6nccc(C(F)(F)F)n6)ccc5c4=O)ccc(Cl)c23)S(C)(=O)=O)cc1. The summed E-state index contributed by atoms with van der Waals surface area (Å²) in [6.07, 6.45) is -6.43. The molecule has 0 bridgehead atoms. The molecule has 3 aromatic heterocycles. The molecule has 2 N–H and O–H groups in total. The third kappa shape index (κ3) is 8.28. The van der Waals surface area contributed by atoms with Crippen LogP contribution in [0.4, 0.5) is 32.6 Å². The van der Waals surface area contributed by atoms with Gasteiger partial charge in [-0.1, -0.05) is 29.8 Å². The smallest absolute Gasteiger partial charge is 0.433 e. The number of alkyl halides is 3. The number of carbonyl (C=O) groups excluding carboxylic acids is 1. The first-order chi connectivity index (χ1) is 28.3. The highest BCUT2D eigenvalue weighted by Crippen LogP contribution is 2.39. The van der Waals surface area contributed by atoms with Crippen molar-refractivity contribution in [3.8, 4) is 22.8 Å². The summed E-state index contributed by atoms with van der Waals surface area (Å²) < 4.78 is 110. The fourth-order valence-corrected chi connectivity index (χ4v) is 7.72. The molecule has 0 aliphatic carbocycles. The molecule has 0 fully saturated rings. The summed E-state index contributed by atoms with van der Waals surface area (Å²) in [6.45, 7) is -0.200. The molecule has 14 nitrogen and oxygen atoms in total. The van der Waals surface area contributed by atoms with Crippen molar-refractivity contribution in [2.24, 2.45) is 12.8 Å². The van der Waals surface area contributed by atoms with E-state index in [-0.39, 0.29) is 67.7 Å². The van der Waals surface area contributed by atoms with Crippen molar-refractivity contribution in [3.05, 3.63) is 135 Å². The molecular formula is C39H30ClF5N8O6S. The van der Waals surface area contributed by atoms with Gasteiger partial charge in [0.25, 0.3) is 5.56 Å². The van der Waals surface area contributed by atoms with Crippen LogP contribution in [-0.2, 0) is 40.9 Å². The number of benzene rings is 4. The zero-order valence-corrected chi connectivity index (χ0v) is 33.0. The molecule has 4 aromatic carbocycles. The zero-order valence-electron chi connectivity index (χ0n) is 31.4. The van der Waals surface area contributed by atoms with Crippen LogP contribution in [0.1, 0.15) is 28.7 Å². The number of amides is 1. The maximum atomic E-state index is 14.8. The Morgan fingerprint density at radius 1 is 0.967 bits per heavy atom. The van der Waals surface area contributed by atoms with Crippen LogP contribution >= 0.6 is 11.6 Å². The number of methoxy groups -OCH3 is 1. The molecule has 3 heterocycles. The standard InChI is InChI=1S/C39H30ClF5N8O6S/c1-51-33-29(11-10-27(40)32(33)36(50-51)52(60(3,56)57)19-20-4-7-25(58-2)8-5-20)53-35(30(59-38(46)55)16-21-14-23(41)18-24(42)15-21)48-28-17-22(6-9-26(28)37(53)54)34-47-13-12-31(49-34)39(43,44)45/h4-15,17-18,30H,16,19H2,1-3H3,(H2,46,55). The van der Waals surface area contributed by atoms with Crippen molar-refractivity contribution in [2.75, 3.05) is 17.7 Å². The van der Waals surface area contributed by atoms with Crippen molar-refractivity contribution < 1.29 is 44.6 Å². The summed E-state index contributed by atoms with van der Waals surface area (Å²) in [5.74, 6) is -2.25. The van der Waals surface area contributed by atoms with Crippen molar-refractivity contribution in [1.82, 2.24) is 29.3 Å². The number of sulfonamides is 1. The number of primary amides is 1. The molecule has 0 radical (unpaired) electrons. The van der Waals surface area contributed by atoms with Gasteiger partial charge < -0.3 is 15.2 Å². The van der Waals surface area contributed by atoms with Crippen molar-refractivity contribution >= 4 is 55.3 Å². The second-order valence-corrected chi connectivity index (χ2v) is 15.7. The van der Waals surface area contributed by atoms with Gasteiger partial charge in [-0.25, -0.2) is 41.3 Å². The first kappa shape index (κ1) is 41.5. The minimum Gasteiger partial charge on any atom is -0.497 e. The Bertz CT molecular complexity index is 2980. The van der Waals surface area contributed by atoms with Gasteiger partial charge in [0.1, 0.15) is 23.1 Å². The minimum absolute atomic E-state index is 0.0169. The molecular weight excluding hydrogens is 839 g/mol. The van der Waals surface area contributed by atoms with Crippen LogP contribution in [0.3, 0.4) is 0 Å². The summed E-state index contributed by atoms with van der Waals surface area (Å²) in [5, 5.41) is 4.53. The van der Waals surface area contributed by atoms with Gasteiger partial charge in [0.2, 0.25) is 10.0 Å². The predicted molar refractivity (Wildman–Crippen MR) is 210 cm³/mol. The van der Waals surface area contributed by atoms with Crippen LogP contribution in [0, 0.1) is 11.6 Å². The third-order valence-electron chi connectivity index (χ3n) is 9.25. The molecule has 60 heavy (non-hydrogen) atoms. The lowest BCUT2D eigenvalue weighted by atomic mass is 10.1. The van der Waals surface area contributed by atoms with Crippen LogP contribution in [0.2, 0.25) is 5.02 Å². The summed E-state index contributed by atoms with van der Waals surface area (Å²) in [6, 6.07) is 16.4. The Morgan fingerprint density at radius 2 is 1.67 bits per heavy atom. The van der Waals surface area contributed by atoms with E-state index < -0.39 is 57.7 Å². The van der Waals surface area contributed by atoms with E-state index in [1.54, 1.807) is 24.3 Å². The first-order valence-corrected chi connectivity index (χ1v) is 19.7. The average molecular weight is 869 g/mol. The van der Waals surface area contributed by atoms with E-state index in [0.717, 1.165) is 33.5 Å². The van der Waals surface area contributed by atoms with E-state index >= 15 is 0 Å². The van der Waals surface area contributed by atoms with Gasteiger partial charge >= 0.3 is 12.3 Å². The Hall–Kier alpha value is -6.67. The lowest BCUT2D eigenvalue weighted by Crippen LogP contribution is -2.30. The third-order valence-corrected chi connectivity index (χ3v) is 10.7. The number of halogens is 6. The zero-order chi connectivity index (χ0) is 43.3. The van der Waals surface area contributed by atoms with Crippen LogP contribution in [0.15, 0.2) is 89.9 Å². The Morgan fingerprint density at radius 3 is 2.30 bits per heavy atom. The van der Waals surface area contributed by atoms with Gasteiger partial charge in [0.05, 0.1) is 52.4 Å². The molecule has 310 valence electrons. The molecule has 7 rings (SSSR count). The molecule has 1 amide bonds. The number of carbonyl (C=O) groups is 1. The van der Waals surface area contributed by atoms with Gasteiger partial charge in [0, 0.05) is 31.3 Å². The predicted octanol–water partition coefficient (Wildman–Crippen LogP) is 7.03. The number of nitrogens with two attached hydrogens (primary N) is 1. The molecule has 0 saturated carbocycles. The van der Waals surface area contributed by atoms with Crippen LogP contribution in [0.5, 0.6) is 5.75 Å². The summed E-state index contributed by atoms with van der Waals surface area (Å²) in [5.41, 5.74) is 3.90. The molecule has 7 aromatic rings. The average Bonchev–Trinajstić information content (AvgIpc) is 3.53. The van der Waals surface area contributed by atoms with Crippen molar-refractivity contribution in [3.63, 3.8) is 0 Å². The van der Waals surface area contributed by atoms with Crippen molar-refractivity contribution in [2.45, 2.75) is 25.2 Å². The molecule has 21 heteroatoms. The molecule has 0 saturated heterocycles. The minimum atomic E-state index is -4.80. The highest BCUT2D eigenvalue weighted by Gasteiger charge is 2.34. The van der Waals surface area contributed by atoms with E-state index in [9.17, 15) is 40.0 Å². The molecule has 1 unspecified atom stereocenters. The van der Waals surface area contributed by atoms with Gasteiger partial charge in [-0.15, -0.1) is 0 Å². The number of aromatic nitrogens is 6. The lowest BCUT2D eigenvalue weighted by molar-refractivity contribution is -0.141. The lowest BCUT2D eigenvalue weighted by Gasteiger charge is -2.23. The fraction of sp³-hybridized carbons (Fsp3) is 0.179. The topological polar surface area (TPSA) is 177 Å². The van der Waals surface area contributed by atoms with E-state index in [2.05, 4.69) is 20.1 Å². The van der Waals surface area contributed by atoms with E-state index in [4.69, 9.17) is 26.8 Å². The Kier molecular flexibility index (Phi) is 10.9. The second kappa shape index (κ2) is 15.8. The van der Waals surface area contributed by atoms with Gasteiger partial charge in [-0.05, 0) is 65.7 Å². The highest BCUT2D eigenvalue weighted by atomic mass is 35.5. The Labute approximate surface area is 341 Å². The number of hydrogen-bond donors (Lipinski definition) is 1. The Balaban J connectivity index is 1.50. The van der Waals surface area contributed by atoms with Gasteiger partial charge in [-0.3, -0.25) is 14.0 Å². The largest absolute Gasteiger partial charge is 0.497 e. The quantitative estimate of drug-likeness (QED) is 0.133. The summed E-state index contributed by atoms with van der Waals surface area (Å²) in [7, 11) is -1.13. The van der Waals surface area contributed by atoms with E-state index in [1.807, 2.05) is 0 Å². The van der Waals surface area contributed by atoms with E-state index in [1.165, 1.54) is 49.2 Å². The molecule has 0 spiro atoms. The van der Waals surface area contributed by atoms with Gasteiger partial charge in [-0.2, -0.15) is 18.3 Å². The summed E-state index contributed by atoms with van der Waals surface area (Å²) >= 11 is 6.80. The van der Waals surface area contributed by atoms with Crippen LogP contribution < -0.4 is 20.3 Å². The number of nitrogens with zero attached hydrogens (tertiary/aromatic N) is 7. The van der Waals surface area contributed by atoms with Crippen LogP contribution in [0.25, 0.3) is 38.9 Å². The molecule has 0 aliphatic heterocycles. The number of rotatable bonds is 11. The highest BCUT2D eigenvalue weighted by molar-refractivity contribution is 7.92. The van der Waals surface area contributed by atoms with Crippen LogP contribution in [-0.4, -0.2) is 57.2 Å². The van der Waals surface area contributed by atoms with E-state index in [0.29, 0.717) is 23.4 Å². The molecule has 1 atom stereocenters. The van der Waals surface area contributed by atoms with Gasteiger partial charge in [0.15, 0.2) is 23.6 Å². The summed E-state index contributed by atoms with van der Waals surface area (Å²) in [4.78, 5) is 39.5. The number of ether oxygens (including phenoxy) is 2.